The Bertz CT molecular complexity index is 867. The maximum absolute atomic E-state index is 12.8. The Hall–Kier alpha value is -2.34. The predicted molar refractivity (Wildman–Crippen MR) is 113 cm³/mol. The highest BCUT2D eigenvalue weighted by Crippen LogP contribution is 2.34. The summed E-state index contributed by atoms with van der Waals surface area (Å²) in [7, 11) is 0. The van der Waals surface area contributed by atoms with Gasteiger partial charge in [0.2, 0.25) is 5.91 Å². The molecule has 154 valence electrons. The molecule has 1 N–H and O–H groups in total. The molecule has 1 spiro atoms. The van der Waals surface area contributed by atoms with Gasteiger partial charge in [0, 0.05) is 30.1 Å². The Balaban J connectivity index is 1.35. The van der Waals surface area contributed by atoms with Crippen LogP contribution in [0.5, 0.6) is 0 Å². The molecule has 1 atom stereocenters. The number of amides is 2. The minimum atomic E-state index is -0.587. The van der Waals surface area contributed by atoms with Crippen molar-refractivity contribution in [3.63, 3.8) is 0 Å². The average molecular weight is 416 g/mol. The highest BCUT2D eigenvalue weighted by molar-refractivity contribution is 6.43. The number of allylic oxidation sites excluding steroid dienone is 1. The molecule has 0 saturated carbocycles. The fourth-order valence-electron chi connectivity index (χ4n) is 4.31. The minimum Gasteiger partial charge on any atom is -0.386 e. The molecule has 1 fully saturated rings. The molecule has 4 rings (SSSR count). The maximum Gasteiger partial charge on any atom is 0.273 e. The predicted octanol–water partition coefficient (Wildman–Crippen LogP) is 4.31. The molecule has 2 aliphatic heterocycles. The van der Waals surface area contributed by atoms with Crippen molar-refractivity contribution >= 4 is 34.8 Å². The Morgan fingerprint density at radius 2 is 2.17 bits per heavy atom. The Morgan fingerprint density at radius 1 is 1.28 bits per heavy atom. The van der Waals surface area contributed by atoms with Crippen LogP contribution in [0.25, 0.3) is 0 Å². The van der Waals surface area contributed by atoms with E-state index >= 15 is 0 Å². The summed E-state index contributed by atoms with van der Waals surface area (Å²) in [5.74, 6) is -0.141. The first-order chi connectivity index (χ1) is 14.0. The largest absolute Gasteiger partial charge is 0.386 e. The smallest absolute Gasteiger partial charge is 0.273 e. The second-order valence-corrected chi connectivity index (χ2v) is 8.59. The molecular weight excluding hydrogens is 390 g/mol. The van der Waals surface area contributed by atoms with E-state index in [-0.39, 0.29) is 11.8 Å². The van der Waals surface area contributed by atoms with Crippen molar-refractivity contribution in [1.29, 1.82) is 0 Å². The van der Waals surface area contributed by atoms with Crippen molar-refractivity contribution in [1.82, 2.24) is 4.90 Å². The van der Waals surface area contributed by atoms with E-state index in [1.165, 1.54) is 18.4 Å². The van der Waals surface area contributed by atoms with E-state index in [0.29, 0.717) is 35.8 Å². The molecule has 1 saturated heterocycles. The molecule has 0 radical (unpaired) electrons. The number of hydrogen-bond donors (Lipinski definition) is 1. The van der Waals surface area contributed by atoms with E-state index in [9.17, 15) is 9.59 Å². The average Bonchev–Trinajstić information content (AvgIpc) is 3.12. The number of hydrogen-bond acceptors (Lipinski definition) is 4. The normalized spacial score (nSPS) is 24.0. The lowest BCUT2D eigenvalue weighted by atomic mass is 9.87. The fourth-order valence-corrected chi connectivity index (χ4v) is 4.50. The number of carbonyl (C=O) groups is 2. The summed E-state index contributed by atoms with van der Waals surface area (Å²) in [5, 5.41) is 7.43. The molecule has 0 aromatic heterocycles. The van der Waals surface area contributed by atoms with Gasteiger partial charge in [-0.1, -0.05) is 34.5 Å². The number of anilines is 1. The number of benzene rings is 1. The van der Waals surface area contributed by atoms with E-state index in [1.54, 1.807) is 24.3 Å². The van der Waals surface area contributed by atoms with E-state index < -0.39 is 5.60 Å². The number of likely N-dealkylation sites (tertiary alicyclic amines) is 1. The summed E-state index contributed by atoms with van der Waals surface area (Å²) in [5.41, 5.74) is 1.64. The van der Waals surface area contributed by atoms with Crippen LogP contribution < -0.4 is 5.32 Å². The number of halogens is 1. The van der Waals surface area contributed by atoms with Gasteiger partial charge in [-0.05, 0) is 56.7 Å². The Morgan fingerprint density at radius 3 is 2.97 bits per heavy atom. The summed E-state index contributed by atoms with van der Waals surface area (Å²) < 4.78 is 0. The fraction of sp³-hybridized carbons (Fsp3) is 0.500. The lowest BCUT2D eigenvalue weighted by Gasteiger charge is -2.38. The molecule has 6 nitrogen and oxygen atoms in total. The van der Waals surface area contributed by atoms with Crippen LogP contribution in [0.15, 0.2) is 41.1 Å². The van der Waals surface area contributed by atoms with Gasteiger partial charge in [0.15, 0.2) is 5.60 Å². The van der Waals surface area contributed by atoms with E-state index in [1.807, 2.05) is 4.90 Å². The molecule has 3 aliphatic rings. The molecule has 1 unspecified atom stereocenters. The number of rotatable bonds is 4. The van der Waals surface area contributed by atoms with Crippen molar-refractivity contribution in [2.45, 2.75) is 57.0 Å². The van der Waals surface area contributed by atoms with Crippen molar-refractivity contribution in [2.24, 2.45) is 5.16 Å². The van der Waals surface area contributed by atoms with E-state index in [0.717, 1.165) is 32.2 Å². The van der Waals surface area contributed by atoms with Crippen LogP contribution >= 0.6 is 11.6 Å². The number of nitrogens with one attached hydrogen (secondary N) is 1. The summed E-state index contributed by atoms with van der Waals surface area (Å²) in [6.45, 7) is 1.22. The molecule has 1 aromatic rings. The van der Waals surface area contributed by atoms with Crippen molar-refractivity contribution in [3.05, 3.63) is 40.9 Å². The summed E-state index contributed by atoms with van der Waals surface area (Å²) in [6.07, 6.45) is 9.26. The molecule has 1 aliphatic carbocycles. The number of piperidine rings is 1. The van der Waals surface area contributed by atoms with Gasteiger partial charge in [0.05, 0.1) is 6.54 Å². The van der Waals surface area contributed by atoms with Crippen LogP contribution in [-0.2, 0) is 14.4 Å². The topological polar surface area (TPSA) is 71.0 Å². The second kappa shape index (κ2) is 8.57. The second-order valence-electron chi connectivity index (χ2n) is 8.16. The van der Waals surface area contributed by atoms with Gasteiger partial charge in [-0.3, -0.25) is 9.59 Å². The van der Waals surface area contributed by atoms with Gasteiger partial charge in [-0.2, -0.15) is 0 Å². The highest BCUT2D eigenvalue weighted by atomic mass is 35.5. The maximum atomic E-state index is 12.8. The SMILES string of the molecule is O=C(Nc1cccc(Cl)c1)C1=NOC2(CCCN(C(=O)CC3=CCCCC3)C2)C1. The highest BCUT2D eigenvalue weighted by Gasteiger charge is 2.45. The van der Waals surface area contributed by atoms with Crippen LogP contribution in [0, 0.1) is 0 Å². The van der Waals surface area contributed by atoms with Crippen molar-refractivity contribution in [3.8, 4) is 0 Å². The lowest BCUT2D eigenvalue weighted by Crippen LogP contribution is -2.50. The van der Waals surface area contributed by atoms with Gasteiger partial charge in [0.25, 0.3) is 5.91 Å². The third-order valence-electron chi connectivity index (χ3n) is 5.84. The number of carbonyl (C=O) groups excluding carboxylic acids is 2. The standard InChI is InChI=1S/C22H26ClN3O3/c23-17-8-4-9-18(13-17)24-21(28)19-14-22(29-25-19)10-5-11-26(15-22)20(27)12-16-6-2-1-3-7-16/h4,6,8-9,13H,1-3,5,7,10-12,14-15H2,(H,24,28). The summed E-state index contributed by atoms with van der Waals surface area (Å²) in [4.78, 5) is 33.0. The van der Waals surface area contributed by atoms with Gasteiger partial charge in [0.1, 0.15) is 5.71 Å². The molecular formula is C22H26ClN3O3. The van der Waals surface area contributed by atoms with Crippen molar-refractivity contribution in [2.75, 3.05) is 18.4 Å². The lowest BCUT2D eigenvalue weighted by molar-refractivity contribution is -0.140. The monoisotopic (exact) mass is 415 g/mol. The third kappa shape index (κ3) is 4.81. The zero-order valence-electron chi connectivity index (χ0n) is 16.5. The van der Waals surface area contributed by atoms with Crippen LogP contribution in [0.2, 0.25) is 5.02 Å². The van der Waals surface area contributed by atoms with Crippen LogP contribution in [0.3, 0.4) is 0 Å². The third-order valence-corrected chi connectivity index (χ3v) is 6.07. The summed E-state index contributed by atoms with van der Waals surface area (Å²) in [6, 6.07) is 6.99. The summed E-state index contributed by atoms with van der Waals surface area (Å²) >= 11 is 5.97. The molecule has 7 heteroatoms. The quantitative estimate of drug-likeness (QED) is 0.745. The first-order valence-electron chi connectivity index (χ1n) is 10.3. The van der Waals surface area contributed by atoms with Crippen molar-refractivity contribution < 1.29 is 14.4 Å². The first-order valence-corrected chi connectivity index (χ1v) is 10.7. The zero-order chi connectivity index (χ0) is 20.3. The molecule has 0 bridgehead atoms. The molecule has 2 heterocycles. The number of oxime groups is 1. The Kier molecular flexibility index (Phi) is 5.90. The van der Waals surface area contributed by atoms with Gasteiger partial charge < -0.3 is 15.1 Å². The first kappa shape index (κ1) is 20.0. The zero-order valence-corrected chi connectivity index (χ0v) is 17.2. The molecule has 29 heavy (non-hydrogen) atoms. The van der Waals surface area contributed by atoms with E-state index in [2.05, 4.69) is 16.5 Å². The Labute approximate surface area is 175 Å². The van der Waals surface area contributed by atoms with Gasteiger partial charge in [-0.15, -0.1) is 0 Å². The van der Waals surface area contributed by atoms with Gasteiger partial charge in [-0.25, -0.2) is 0 Å². The van der Waals surface area contributed by atoms with Crippen LogP contribution in [0.1, 0.15) is 51.4 Å². The molecule has 1 aromatic carbocycles. The van der Waals surface area contributed by atoms with E-state index in [4.69, 9.17) is 16.4 Å². The van der Waals surface area contributed by atoms with Gasteiger partial charge >= 0.3 is 0 Å². The number of nitrogens with zero attached hydrogens (tertiary/aromatic N) is 2. The molecule has 2 amide bonds. The van der Waals surface area contributed by atoms with Crippen LogP contribution in [-0.4, -0.2) is 41.1 Å². The van der Waals surface area contributed by atoms with Crippen LogP contribution in [0.4, 0.5) is 5.69 Å². The minimum absolute atomic E-state index is 0.151.